The van der Waals surface area contributed by atoms with Crippen LogP contribution >= 0.6 is 0 Å². The largest absolute Gasteiger partial charge is 0.461 e. The van der Waals surface area contributed by atoms with Gasteiger partial charge in [0.05, 0.1) is 33.0 Å². The average molecular weight is 568 g/mol. The van der Waals surface area contributed by atoms with Gasteiger partial charge in [-0.15, -0.1) is 0 Å². The molecule has 0 radical (unpaired) electrons. The van der Waals surface area contributed by atoms with Crippen molar-refractivity contribution in [1.82, 2.24) is 5.32 Å². The molecule has 1 amide bonds. The lowest BCUT2D eigenvalue weighted by Crippen LogP contribution is -2.28. The second kappa shape index (κ2) is 18.4. The normalized spacial score (nSPS) is 11.0. The number of carbonyl (C=O) groups is 3. The Kier molecular flexibility index (Phi) is 14.9. The van der Waals surface area contributed by atoms with Crippen molar-refractivity contribution in [3.8, 4) is 0 Å². The highest BCUT2D eigenvalue weighted by Gasteiger charge is 2.06. The van der Waals surface area contributed by atoms with Crippen LogP contribution in [0.5, 0.6) is 0 Å². The number of aryl methyl sites for hydroxylation is 1. The third kappa shape index (κ3) is 14.3. The smallest absolute Gasteiger partial charge is 0.407 e. The number of ether oxygens (including phenoxy) is 5. The first-order valence-corrected chi connectivity index (χ1v) is 13.6. The summed E-state index contributed by atoms with van der Waals surface area (Å²) < 4.78 is 26.4. The van der Waals surface area contributed by atoms with Gasteiger partial charge in [0.15, 0.2) is 0 Å². The summed E-state index contributed by atoms with van der Waals surface area (Å²) in [7, 11) is 0. The van der Waals surface area contributed by atoms with Crippen LogP contribution in [0.15, 0.2) is 60.7 Å². The van der Waals surface area contributed by atoms with Crippen LogP contribution in [0.1, 0.15) is 54.5 Å². The van der Waals surface area contributed by atoms with Gasteiger partial charge in [-0.2, -0.15) is 0 Å². The second-order valence-electron chi connectivity index (χ2n) is 9.74. The van der Waals surface area contributed by atoms with Gasteiger partial charge in [0.25, 0.3) is 0 Å². The summed E-state index contributed by atoms with van der Waals surface area (Å²) in [6.07, 6.45) is 2.44. The van der Waals surface area contributed by atoms with Crippen molar-refractivity contribution in [2.24, 2.45) is 0 Å². The zero-order valence-electron chi connectivity index (χ0n) is 24.4. The maximum absolute atomic E-state index is 12.1. The van der Waals surface area contributed by atoms with Crippen molar-refractivity contribution in [3.05, 3.63) is 88.5 Å². The highest BCUT2D eigenvalue weighted by atomic mass is 16.6. The summed E-state index contributed by atoms with van der Waals surface area (Å²) in [4.78, 5) is 35.3. The summed E-state index contributed by atoms with van der Waals surface area (Å²) >= 11 is 0. The maximum Gasteiger partial charge on any atom is 0.407 e. The molecule has 0 spiro atoms. The van der Waals surface area contributed by atoms with Crippen molar-refractivity contribution in [3.63, 3.8) is 0 Å². The number of hydrogen-bond donors (Lipinski definition) is 1. The molecule has 0 heterocycles. The molecule has 2 rings (SSSR count). The minimum absolute atomic E-state index is 0.0203. The number of amides is 1. The number of carbonyl (C=O) groups excluding carboxylic acids is 3. The molecule has 0 bridgehead atoms. The summed E-state index contributed by atoms with van der Waals surface area (Å²) in [5.41, 5.74) is 5.25. The van der Waals surface area contributed by atoms with Crippen LogP contribution in [0.2, 0.25) is 0 Å². The molecular weight excluding hydrogens is 526 g/mol. The van der Waals surface area contributed by atoms with Crippen molar-refractivity contribution in [2.75, 3.05) is 39.6 Å². The van der Waals surface area contributed by atoms with Gasteiger partial charge in [-0.05, 0) is 54.2 Å². The Labute approximate surface area is 242 Å². The Morgan fingerprint density at radius 3 is 2.39 bits per heavy atom. The van der Waals surface area contributed by atoms with Crippen LogP contribution < -0.4 is 5.32 Å². The zero-order valence-corrected chi connectivity index (χ0v) is 24.4. The van der Waals surface area contributed by atoms with Crippen LogP contribution in [0.3, 0.4) is 0 Å². The van der Waals surface area contributed by atoms with E-state index in [1.807, 2.05) is 49.4 Å². The van der Waals surface area contributed by atoms with Gasteiger partial charge < -0.3 is 29.0 Å². The molecular formula is C32H41NO8. The van der Waals surface area contributed by atoms with Crippen molar-refractivity contribution in [2.45, 2.75) is 46.8 Å². The van der Waals surface area contributed by atoms with E-state index in [9.17, 15) is 14.4 Å². The average Bonchev–Trinajstić information content (AvgIpc) is 2.94. The van der Waals surface area contributed by atoms with Crippen molar-refractivity contribution >= 4 is 24.1 Å². The lowest BCUT2D eigenvalue weighted by molar-refractivity contribution is -0.140. The van der Waals surface area contributed by atoms with E-state index < -0.39 is 18.0 Å². The minimum atomic E-state index is -0.572. The molecule has 2 aromatic rings. The molecule has 0 unspecified atom stereocenters. The third-order valence-electron chi connectivity index (χ3n) is 5.62. The molecule has 222 valence electrons. The summed E-state index contributed by atoms with van der Waals surface area (Å²) in [6, 6.07) is 13.8. The highest BCUT2D eigenvalue weighted by Crippen LogP contribution is 2.16. The SMILES string of the molecule is C=C(C)C(=O)OCCOCCOCc1cc(C)cc(/C=C/C(=O)OCCNC(=O)OCc2cccc(C(C)C)c2)c1. The molecule has 0 aliphatic carbocycles. The maximum atomic E-state index is 12.1. The first-order valence-electron chi connectivity index (χ1n) is 13.6. The minimum Gasteiger partial charge on any atom is -0.461 e. The molecule has 0 saturated carbocycles. The molecule has 0 fully saturated rings. The molecule has 2 aromatic carbocycles. The number of esters is 2. The number of rotatable bonds is 17. The number of nitrogens with one attached hydrogen (secondary N) is 1. The number of alkyl carbamates (subject to hydrolysis) is 1. The fourth-order valence-electron chi connectivity index (χ4n) is 3.56. The van der Waals surface area contributed by atoms with Gasteiger partial charge in [0.2, 0.25) is 0 Å². The van der Waals surface area contributed by atoms with Gasteiger partial charge in [-0.3, -0.25) is 0 Å². The van der Waals surface area contributed by atoms with E-state index in [1.165, 1.54) is 11.6 Å². The second-order valence-corrected chi connectivity index (χ2v) is 9.74. The Hall–Kier alpha value is -3.95. The van der Waals surface area contributed by atoms with Crippen LogP contribution in [0.4, 0.5) is 4.79 Å². The molecule has 0 atom stereocenters. The Morgan fingerprint density at radius 2 is 1.63 bits per heavy atom. The fraction of sp³-hybridized carbons (Fsp3) is 0.406. The van der Waals surface area contributed by atoms with Crippen LogP contribution in [0, 0.1) is 6.92 Å². The van der Waals surface area contributed by atoms with E-state index in [1.54, 1.807) is 13.0 Å². The molecule has 0 saturated heterocycles. The van der Waals surface area contributed by atoms with E-state index in [4.69, 9.17) is 23.7 Å². The standard InChI is InChI=1S/C32H41NO8/c1-23(2)29-8-6-7-27(20-29)22-41-32(36)33-11-12-39-30(34)10-9-26-17-25(5)18-28(19-26)21-38-14-13-37-15-16-40-31(35)24(3)4/h6-10,17-20,23H,3,11-16,21-22H2,1-2,4-5H3,(H,33,36)/b10-9+. The summed E-state index contributed by atoms with van der Waals surface area (Å²) in [6.45, 7) is 13.2. The first kappa shape index (κ1) is 33.3. The fourth-order valence-corrected chi connectivity index (χ4v) is 3.56. The van der Waals surface area contributed by atoms with Gasteiger partial charge in [0, 0.05) is 11.6 Å². The van der Waals surface area contributed by atoms with Gasteiger partial charge >= 0.3 is 18.0 Å². The Balaban J connectivity index is 1.62. The number of benzene rings is 2. The molecule has 1 N–H and O–H groups in total. The Morgan fingerprint density at radius 1 is 0.878 bits per heavy atom. The van der Waals surface area contributed by atoms with Gasteiger partial charge in [-0.25, -0.2) is 14.4 Å². The van der Waals surface area contributed by atoms with Crippen molar-refractivity contribution in [1.29, 1.82) is 0 Å². The first-order chi connectivity index (χ1) is 19.6. The van der Waals surface area contributed by atoms with E-state index in [0.717, 1.165) is 22.3 Å². The topological polar surface area (TPSA) is 109 Å². The lowest BCUT2D eigenvalue weighted by Gasteiger charge is -2.10. The summed E-state index contributed by atoms with van der Waals surface area (Å²) in [5, 5.41) is 2.57. The lowest BCUT2D eigenvalue weighted by atomic mass is 10.0. The van der Waals surface area contributed by atoms with Gasteiger partial charge in [0.1, 0.15) is 19.8 Å². The number of hydrogen-bond acceptors (Lipinski definition) is 8. The predicted molar refractivity (Wildman–Crippen MR) is 156 cm³/mol. The quantitative estimate of drug-likeness (QED) is 0.119. The highest BCUT2D eigenvalue weighted by molar-refractivity contribution is 5.87. The van der Waals surface area contributed by atoms with E-state index >= 15 is 0 Å². The molecule has 0 aliphatic rings. The van der Waals surface area contributed by atoms with Crippen LogP contribution in [-0.4, -0.2) is 57.6 Å². The summed E-state index contributed by atoms with van der Waals surface area (Å²) in [5.74, 6) is -0.558. The molecule has 9 nitrogen and oxygen atoms in total. The van der Waals surface area contributed by atoms with Crippen LogP contribution in [-0.2, 0) is 46.5 Å². The van der Waals surface area contributed by atoms with E-state index in [2.05, 4.69) is 25.7 Å². The third-order valence-corrected chi connectivity index (χ3v) is 5.62. The Bertz CT molecular complexity index is 1190. The molecule has 0 aromatic heterocycles. The molecule has 9 heteroatoms. The zero-order chi connectivity index (χ0) is 30.0. The van der Waals surface area contributed by atoms with Gasteiger partial charge in [-0.1, -0.05) is 62.4 Å². The monoisotopic (exact) mass is 567 g/mol. The molecule has 0 aliphatic heterocycles. The molecule has 41 heavy (non-hydrogen) atoms. The van der Waals surface area contributed by atoms with Crippen molar-refractivity contribution < 1.29 is 38.1 Å². The van der Waals surface area contributed by atoms with Crippen LogP contribution in [0.25, 0.3) is 6.08 Å². The predicted octanol–water partition coefficient (Wildman–Crippen LogP) is 5.25. The van der Waals surface area contributed by atoms with E-state index in [0.29, 0.717) is 31.3 Å². The van der Waals surface area contributed by atoms with E-state index in [-0.39, 0.29) is 33.0 Å².